The van der Waals surface area contributed by atoms with Gasteiger partial charge in [0.15, 0.2) is 0 Å². The van der Waals surface area contributed by atoms with Crippen LogP contribution in [0.4, 0.5) is 5.82 Å². The number of aromatic nitrogens is 1. The molecule has 0 spiro atoms. The van der Waals surface area contributed by atoms with Crippen molar-refractivity contribution in [1.82, 2.24) is 10.3 Å². The van der Waals surface area contributed by atoms with Crippen molar-refractivity contribution in [2.24, 2.45) is 0 Å². The molecule has 0 aliphatic heterocycles. The molecule has 0 radical (unpaired) electrons. The SMILES string of the molecule is CC(Nc1cc(C#N)cc(Cl)n1)C(=O)NC1CC1. The van der Waals surface area contributed by atoms with Gasteiger partial charge in [-0.1, -0.05) is 11.6 Å². The fourth-order valence-corrected chi connectivity index (χ4v) is 1.69. The van der Waals surface area contributed by atoms with Gasteiger partial charge in [-0.25, -0.2) is 4.98 Å². The van der Waals surface area contributed by atoms with E-state index in [4.69, 9.17) is 16.9 Å². The van der Waals surface area contributed by atoms with E-state index in [1.165, 1.54) is 6.07 Å². The minimum Gasteiger partial charge on any atom is -0.359 e. The quantitative estimate of drug-likeness (QED) is 0.811. The molecule has 5 nitrogen and oxygen atoms in total. The molecule has 1 fully saturated rings. The van der Waals surface area contributed by atoms with Crippen LogP contribution >= 0.6 is 11.6 Å². The lowest BCUT2D eigenvalue weighted by Gasteiger charge is -2.14. The first-order valence-electron chi connectivity index (χ1n) is 5.73. The zero-order chi connectivity index (χ0) is 13.1. The first kappa shape index (κ1) is 12.7. The molecule has 0 aromatic carbocycles. The Balaban J connectivity index is 2.01. The number of nitrogens with one attached hydrogen (secondary N) is 2. The molecule has 0 bridgehead atoms. The topological polar surface area (TPSA) is 77.8 Å². The van der Waals surface area contributed by atoms with Crippen molar-refractivity contribution < 1.29 is 4.79 Å². The molecule has 1 aromatic heterocycles. The number of rotatable bonds is 4. The molecule has 1 aromatic rings. The van der Waals surface area contributed by atoms with Gasteiger partial charge in [0.05, 0.1) is 11.6 Å². The number of hydrogen-bond donors (Lipinski definition) is 2. The molecule has 94 valence electrons. The van der Waals surface area contributed by atoms with E-state index in [2.05, 4.69) is 15.6 Å². The highest BCUT2D eigenvalue weighted by Gasteiger charge is 2.25. The van der Waals surface area contributed by atoms with Gasteiger partial charge in [-0.3, -0.25) is 4.79 Å². The molecule has 0 saturated heterocycles. The molecular formula is C12H13ClN4O. The van der Waals surface area contributed by atoms with Crippen molar-refractivity contribution in [3.63, 3.8) is 0 Å². The van der Waals surface area contributed by atoms with Gasteiger partial charge >= 0.3 is 0 Å². The summed E-state index contributed by atoms with van der Waals surface area (Å²) in [5.41, 5.74) is 0.410. The first-order valence-corrected chi connectivity index (χ1v) is 6.11. The molecule has 18 heavy (non-hydrogen) atoms. The van der Waals surface area contributed by atoms with Crippen LogP contribution in [0, 0.1) is 11.3 Å². The minimum absolute atomic E-state index is 0.0715. The highest BCUT2D eigenvalue weighted by Crippen LogP contribution is 2.19. The summed E-state index contributed by atoms with van der Waals surface area (Å²) < 4.78 is 0. The van der Waals surface area contributed by atoms with Crippen LogP contribution in [0.2, 0.25) is 5.15 Å². The number of carbonyl (C=O) groups is 1. The number of hydrogen-bond acceptors (Lipinski definition) is 4. The zero-order valence-corrected chi connectivity index (χ0v) is 10.7. The summed E-state index contributed by atoms with van der Waals surface area (Å²) in [6.07, 6.45) is 2.10. The Morgan fingerprint density at radius 1 is 1.61 bits per heavy atom. The van der Waals surface area contributed by atoms with Gasteiger partial charge in [0, 0.05) is 6.04 Å². The predicted molar refractivity (Wildman–Crippen MR) is 68.2 cm³/mol. The maximum absolute atomic E-state index is 11.7. The molecule has 1 saturated carbocycles. The highest BCUT2D eigenvalue weighted by molar-refractivity contribution is 6.29. The van der Waals surface area contributed by atoms with Gasteiger partial charge in [-0.2, -0.15) is 5.26 Å². The van der Waals surface area contributed by atoms with Crippen LogP contribution in [0.5, 0.6) is 0 Å². The number of halogens is 1. The van der Waals surface area contributed by atoms with Crippen LogP contribution in [-0.4, -0.2) is 23.0 Å². The number of nitrogens with zero attached hydrogens (tertiary/aromatic N) is 2. The molecule has 1 unspecified atom stereocenters. The molecule has 2 N–H and O–H groups in total. The van der Waals surface area contributed by atoms with E-state index >= 15 is 0 Å². The van der Waals surface area contributed by atoms with E-state index in [0.29, 0.717) is 17.4 Å². The number of nitriles is 1. The Morgan fingerprint density at radius 3 is 2.94 bits per heavy atom. The lowest BCUT2D eigenvalue weighted by atomic mass is 10.2. The molecule has 1 aliphatic rings. The zero-order valence-electron chi connectivity index (χ0n) is 9.90. The second-order valence-electron chi connectivity index (χ2n) is 4.32. The van der Waals surface area contributed by atoms with Crippen molar-refractivity contribution in [3.05, 3.63) is 22.8 Å². The molecule has 1 amide bonds. The summed E-state index contributed by atoms with van der Waals surface area (Å²) in [5.74, 6) is 0.357. The van der Waals surface area contributed by atoms with Crippen molar-refractivity contribution in [1.29, 1.82) is 5.26 Å². The molecule has 2 rings (SSSR count). The van der Waals surface area contributed by atoms with E-state index in [-0.39, 0.29) is 11.1 Å². The second kappa shape index (κ2) is 5.23. The number of amides is 1. The van der Waals surface area contributed by atoms with Crippen LogP contribution < -0.4 is 10.6 Å². The van der Waals surface area contributed by atoms with Crippen LogP contribution in [-0.2, 0) is 4.79 Å². The number of anilines is 1. The van der Waals surface area contributed by atoms with Crippen LogP contribution in [0.25, 0.3) is 0 Å². The lowest BCUT2D eigenvalue weighted by Crippen LogP contribution is -2.38. The summed E-state index contributed by atoms with van der Waals surface area (Å²) in [6.45, 7) is 1.74. The Kier molecular flexibility index (Phi) is 3.68. The van der Waals surface area contributed by atoms with E-state index in [0.717, 1.165) is 12.8 Å². The fourth-order valence-electron chi connectivity index (χ4n) is 1.48. The normalized spacial score (nSPS) is 15.6. The third-order valence-electron chi connectivity index (χ3n) is 2.60. The Morgan fingerprint density at radius 2 is 2.33 bits per heavy atom. The van der Waals surface area contributed by atoms with Gasteiger partial charge in [0.1, 0.15) is 17.0 Å². The van der Waals surface area contributed by atoms with Gasteiger partial charge in [0.25, 0.3) is 0 Å². The maximum atomic E-state index is 11.7. The number of pyridine rings is 1. The van der Waals surface area contributed by atoms with Crippen molar-refractivity contribution in [2.45, 2.75) is 31.8 Å². The van der Waals surface area contributed by atoms with Crippen LogP contribution in [0.1, 0.15) is 25.3 Å². The summed E-state index contributed by atoms with van der Waals surface area (Å²) >= 11 is 5.78. The molecular weight excluding hydrogens is 252 g/mol. The summed E-state index contributed by atoms with van der Waals surface area (Å²) in [7, 11) is 0. The Hall–Kier alpha value is -1.80. The average Bonchev–Trinajstić information content (AvgIpc) is 3.11. The smallest absolute Gasteiger partial charge is 0.242 e. The van der Waals surface area contributed by atoms with E-state index in [1.807, 2.05) is 6.07 Å². The number of carbonyl (C=O) groups excluding carboxylic acids is 1. The predicted octanol–water partition coefficient (Wildman–Crippen LogP) is 1.69. The van der Waals surface area contributed by atoms with E-state index in [1.54, 1.807) is 13.0 Å². The maximum Gasteiger partial charge on any atom is 0.242 e. The largest absolute Gasteiger partial charge is 0.359 e. The van der Waals surface area contributed by atoms with Crippen LogP contribution in [0.15, 0.2) is 12.1 Å². The van der Waals surface area contributed by atoms with Gasteiger partial charge in [-0.05, 0) is 31.9 Å². The summed E-state index contributed by atoms with van der Waals surface area (Å²) in [6, 6.07) is 4.93. The lowest BCUT2D eigenvalue weighted by molar-refractivity contribution is -0.121. The van der Waals surface area contributed by atoms with Crippen LogP contribution in [0.3, 0.4) is 0 Å². The highest BCUT2D eigenvalue weighted by atomic mass is 35.5. The molecule has 1 heterocycles. The Labute approximate surface area is 110 Å². The summed E-state index contributed by atoms with van der Waals surface area (Å²) in [5, 5.41) is 14.9. The average molecular weight is 265 g/mol. The van der Waals surface area contributed by atoms with Crippen molar-refractivity contribution in [2.75, 3.05) is 5.32 Å². The van der Waals surface area contributed by atoms with Gasteiger partial charge in [0.2, 0.25) is 5.91 Å². The fraction of sp³-hybridized carbons (Fsp3) is 0.417. The summed E-state index contributed by atoms with van der Waals surface area (Å²) in [4.78, 5) is 15.8. The molecule has 1 atom stereocenters. The third kappa shape index (κ3) is 3.34. The van der Waals surface area contributed by atoms with Crippen molar-refractivity contribution in [3.8, 4) is 6.07 Å². The third-order valence-corrected chi connectivity index (χ3v) is 2.80. The van der Waals surface area contributed by atoms with Crippen molar-refractivity contribution >= 4 is 23.3 Å². The van der Waals surface area contributed by atoms with Gasteiger partial charge < -0.3 is 10.6 Å². The molecule has 6 heteroatoms. The minimum atomic E-state index is -0.414. The monoisotopic (exact) mass is 264 g/mol. The van der Waals surface area contributed by atoms with Gasteiger partial charge in [-0.15, -0.1) is 0 Å². The van der Waals surface area contributed by atoms with E-state index < -0.39 is 6.04 Å². The Bertz CT molecular complexity index is 507. The first-order chi connectivity index (χ1) is 8.58. The van der Waals surface area contributed by atoms with E-state index in [9.17, 15) is 4.79 Å². The molecule has 1 aliphatic carbocycles. The standard InChI is InChI=1S/C12H13ClN4O/c1-7(12(18)16-9-2-3-9)15-11-5-8(6-14)4-10(13)17-11/h4-5,7,9H,2-3H2,1H3,(H,15,17)(H,16,18). The second-order valence-corrected chi connectivity index (χ2v) is 4.71.